The monoisotopic (exact) mass is 437 g/mol. The van der Waals surface area contributed by atoms with E-state index in [1.165, 1.54) is 9.75 Å². The second-order valence-electron chi connectivity index (χ2n) is 7.17. The second-order valence-corrected chi connectivity index (χ2v) is 9.31. The summed E-state index contributed by atoms with van der Waals surface area (Å²) in [5.41, 5.74) is 2.84. The number of rotatable bonds is 8. The van der Waals surface area contributed by atoms with Gasteiger partial charge in [-0.05, 0) is 60.5 Å². The third-order valence-electron chi connectivity index (χ3n) is 5.26. The van der Waals surface area contributed by atoms with E-state index in [1.54, 1.807) is 29.8 Å². The maximum Gasteiger partial charge on any atom is 0.226 e. The highest BCUT2D eigenvalue weighted by Crippen LogP contribution is 2.38. The molecule has 2 heterocycles. The summed E-state index contributed by atoms with van der Waals surface area (Å²) in [7, 11) is 1.65. The van der Waals surface area contributed by atoms with E-state index in [2.05, 4.69) is 27.7 Å². The van der Waals surface area contributed by atoms with Crippen LogP contribution in [0, 0.1) is 11.3 Å². The first-order chi connectivity index (χ1) is 14.7. The lowest BCUT2D eigenvalue weighted by Crippen LogP contribution is -2.27. The Balaban J connectivity index is 1.44. The Kier molecular flexibility index (Phi) is 6.36. The van der Waals surface area contributed by atoms with E-state index in [0.29, 0.717) is 23.5 Å². The summed E-state index contributed by atoms with van der Waals surface area (Å²) in [4.78, 5) is 17.4. The van der Waals surface area contributed by atoms with E-state index in [-0.39, 0.29) is 5.91 Å². The molecule has 0 saturated heterocycles. The zero-order chi connectivity index (χ0) is 20.9. The van der Waals surface area contributed by atoms with Gasteiger partial charge in [0.05, 0.1) is 19.2 Å². The van der Waals surface area contributed by atoms with Crippen LogP contribution in [0.15, 0.2) is 41.8 Å². The number of methoxy groups -OCH3 is 1. The molecule has 1 aliphatic carbocycles. The highest BCUT2D eigenvalue weighted by Gasteiger charge is 2.23. The number of thiophene rings is 2. The number of ether oxygens (including phenoxy) is 1. The average molecular weight is 438 g/mol. The van der Waals surface area contributed by atoms with Crippen molar-refractivity contribution in [2.24, 2.45) is 0 Å². The highest BCUT2D eigenvalue weighted by atomic mass is 32.1. The number of hydrogen-bond donors (Lipinski definition) is 1. The maximum atomic E-state index is 12.7. The molecule has 0 fully saturated rings. The molecule has 0 atom stereocenters. The molecule has 1 aromatic carbocycles. The number of anilines is 2. The minimum absolute atomic E-state index is 0.0592. The lowest BCUT2D eigenvalue weighted by Gasteiger charge is -2.24. The van der Waals surface area contributed by atoms with Crippen molar-refractivity contribution in [3.05, 3.63) is 62.7 Å². The fraction of sp³-hybridized carbons (Fsp3) is 0.304. The minimum Gasteiger partial charge on any atom is -0.497 e. The number of aryl methyl sites for hydroxylation is 1. The SMILES string of the molecule is COc1ccc(N(CCC(=O)Nc2sc3c(c2C#N)CCC3)Cc2cccs2)cc1. The molecule has 0 saturated carbocycles. The smallest absolute Gasteiger partial charge is 0.226 e. The molecule has 154 valence electrons. The van der Waals surface area contributed by atoms with Gasteiger partial charge in [-0.3, -0.25) is 4.79 Å². The van der Waals surface area contributed by atoms with Gasteiger partial charge in [0.25, 0.3) is 0 Å². The summed E-state index contributed by atoms with van der Waals surface area (Å²) in [6.07, 6.45) is 3.40. The Morgan fingerprint density at radius 2 is 2.10 bits per heavy atom. The Morgan fingerprint density at radius 3 is 2.80 bits per heavy atom. The summed E-state index contributed by atoms with van der Waals surface area (Å²) < 4.78 is 5.26. The van der Waals surface area contributed by atoms with Gasteiger partial charge in [-0.15, -0.1) is 22.7 Å². The van der Waals surface area contributed by atoms with Crippen LogP contribution in [0.4, 0.5) is 10.7 Å². The number of carbonyl (C=O) groups excluding carboxylic acids is 1. The van der Waals surface area contributed by atoms with Crippen LogP contribution in [0.25, 0.3) is 0 Å². The number of carbonyl (C=O) groups is 1. The summed E-state index contributed by atoms with van der Waals surface area (Å²) in [6, 6.07) is 14.3. The van der Waals surface area contributed by atoms with Crippen molar-refractivity contribution in [2.75, 3.05) is 23.9 Å². The van der Waals surface area contributed by atoms with Crippen LogP contribution >= 0.6 is 22.7 Å². The third kappa shape index (κ3) is 4.50. The van der Waals surface area contributed by atoms with Gasteiger partial charge in [0.1, 0.15) is 16.8 Å². The maximum absolute atomic E-state index is 12.7. The van der Waals surface area contributed by atoms with Crippen LogP contribution in [0.1, 0.15) is 33.7 Å². The number of benzene rings is 1. The largest absolute Gasteiger partial charge is 0.497 e. The Bertz CT molecular complexity index is 1050. The van der Waals surface area contributed by atoms with E-state index < -0.39 is 0 Å². The molecule has 0 spiro atoms. The van der Waals surface area contributed by atoms with Crippen LogP contribution < -0.4 is 15.0 Å². The molecule has 4 rings (SSSR count). The summed E-state index contributed by atoms with van der Waals surface area (Å²) in [5, 5.41) is 15.3. The lowest BCUT2D eigenvalue weighted by atomic mass is 10.1. The number of nitrogens with zero attached hydrogens (tertiary/aromatic N) is 2. The standard InChI is InChI=1S/C23H23N3O2S2/c1-28-17-9-7-16(8-10-17)26(15-18-4-3-13-29-18)12-11-22(27)25-23-20(14-24)19-5-2-6-21(19)30-23/h3-4,7-10,13H,2,5-6,11-12,15H2,1H3,(H,25,27). The van der Waals surface area contributed by atoms with Crippen LogP contribution in [-0.4, -0.2) is 19.6 Å². The molecular formula is C23H23N3O2S2. The molecule has 7 heteroatoms. The van der Waals surface area contributed by atoms with E-state index in [0.717, 1.165) is 42.8 Å². The van der Waals surface area contributed by atoms with Gasteiger partial charge in [0, 0.05) is 28.4 Å². The Morgan fingerprint density at radius 1 is 1.27 bits per heavy atom. The fourth-order valence-corrected chi connectivity index (χ4v) is 5.69. The van der Waals surface area contributed by atoms with Gasteiger partial charge in [0.15, 0.2) is 0 Å². The first-order valence-electron chi connectivity index (χ1n) is 9.94. The van der Waals surface area contributed by atoms with Crippen molar-refractivity contribution in [2.45, 2.75) is 32.2 Å². The molecule has 1 amide bonds. The lowest BCUT2D eigenvalue weighted by molar-refractivity contribution is -0.116. The average Bonchev–Trinajstić information content (AvgIpc) is 3.49. The molecule has 30 heavy (non-hydrogen) atoms. The number of nitrogens with one attached hydrogen (secondary N) is 1. The van der Waals surface area contributed by atoms with Crippen molar-refractivity contribution in [1.29, 1.82) is 5.26 Å². The molecule has 1 aliphatic rings. The molecule has 0 radical (unpaired) electrons. The van der Waals surface area contributed by atoms with Crippen molar-refractivity contribution in [3.8, 4) is 11.8 Å². The predicted molar refractivity (Wildman–Crippen MR) is 123 cm³/mol. The highest BCUT2D eigenvalue weighted by molar-refractivity contribution is 7.16. The van der Waals surface area contributed by atoms with Gasteiger partial charge in [-0.25, -0.2) is 0 Å². The van der Waals surface area contributed by atoms with Gasteiger partial charge in [-0.2, -0.15) is 5.26 Å². The summed E-state index contributed by atoms with van der Waals surface area (Å²) in [5.74, 6) is 0.749. The first-order valence-corrected chi connectivity index (χ1v) is 11.6. The van der Waals surface area contributed by atoms with Crippen LogP contribution in [0.3, 0.4) is 0 Å². The zero-order valence-corrected chi connectivity index (χ0v) is 18.4. The molecular weight excluding hydrogens is 414 g/mol. The number of nitriles is 1. The predicted octanol–water partition coefficient (Wildman–Crippen LogP) is 5.21. The van der Waals surface area contributed by atoms with Crippen molar-refractivity contribution >= 4 is 39.3 Å². The van der Waals surface area contributed by atoms with Crippen LogP contribution in [0.5, 0.6) is 5.75 Å². The summed E-state index contributed by atoms with van der Waals surface area (Å²) in [6.45, 7) is 1.33. The second kappa shape index (κ2) is 9.33. The van der Waals surface area contributed by atoms with Crippen LogP contribution in [0.2, 0.25) is 0 Å². The Hall–Kier alpha value is -2.82. The zero-order valence-electron chi connectivity index (χ0n) is 16.8. The number of hydrogen-bond acceptors (Lipinski definition) is 6. The molecule has 3 aromatic rings. The normalized spacial score (nSPS) is 12.3. The summed E-state index contributed by atoms with van der Waals surface area (Å²) >= 11 is 3.27. The topological polar surface area (TPSA) is 65.4 Å². The van der Waals surface area contributed by atoms with Gasteiger partial charge in [0.2, 0.25) is 5.91 Å². The van der Waals surface area contributed by atoms with Gasteiger partial charge in [-0.1, -0.05) is 6.07 Å². The van der Waals surface area contributed by atoms with Crippen molar-refractivity contribution in [1.82, 2.24) is 0 Å². The third-order valence-corrected chi connectivity index (χ3v) is 7.33. The van der Waals surface area contributed by atoms with E-state index in [9.17, 15) is 10.1 Å². The van der Waals surface area contributed by atoms with Gasteiger partial charge < -0.3 is 15.0 Å². The number of fused-ring (bicyclic) bond motifs is 1. The Labute approximate surface area is 184 Å². The molecule has 2 aromatic heterocycles. The van der Waals surface area contributed by atoms with Gasteiger partial charge >= 0.3 is 0 Å². The molecule has 0 unspecified atom stereocenters. The number of amides is 1. The molecule has 0 aliphatic heterocycles. The molecule has 5 nitrogen and oxygen atoms in total. The minimum atomic E-state index is -0.0592. The van der Waals surface area contributed by atoms with Crippen molar-refractivity contribution < 1.29 is 9.53 Å². The van der Waals surface area contributed by atoms with Crippen LogP contribution in [-0.2, 0) is 24.2 Å². The fourth-order valence-electron chi connectivity index (χ4n) is 3.72. The molecule has 0 bridgehead atoms. The van der Waals surface area contributed by atoms with E-state index >= 15 is 0 Å². The molecule has 1 N–H and O–H groups in total. The first kappa shape index (κ1) is 20.5. The van der Waals surface area contributed by atoms with E-state index in [1.807, 2.05) is 30.3 Å². The quantitative estimate of drug-likeness (QED) is 0.525. The van der Waals surface area contributed by atoms with E-state index in [4.69, 9.17) is 4.74 Å². The van der Waals surface area contributed by atoms with Crippen molar-refractivity contribution in [3.63, 3.8) is 0 Å².